The molecule has 0 radical (unpaired) electrons. The summed E-state index contributed by atoms with van der Waals surface area (Å²) in [6.45, 7) is 2.00. The minimum Gasteiger partial charge on any atom is -0.360 e. The molecule has 0 unspecified atom stereocenters. The molecule has 1 heterocycles. The second-order valence-electron chi connectivity index (χ2n) is 5.20. The van der Waals surface area contributed by atoms with Crippen molar-refractivity contribution in [2.45, 2.75) is 20.8 Å². The van der Waals surface area contributed by atoms with Crippen LogP contribution in [0.3, 0.4) is 0 Å². The van der Waals surface area contributed by atoms with Crippen LogP contribution in [0, 0.1) is 5.92 Å². The first-order valence-corrected chi connectivity index (χ1v) is 6.90. The number of benzene rings is 2. The van der Waals surface area contributed by atoms with Gasteiger partial charge in [-0.1, -0.05) is 62.9 Å². The topological polar surface area (TPSA) is 32.9 Å². The molecule has 1 N–H and O–H groups in total. The molecular weight excluding hydrogens is 258 g/mol. The van der Waals surface area contributed by atoms with Gasteiger partial charge in [0.05, 0.1) is 0 Å². The molecule has 2 nitrogen and oxygen atoms in total. The van der Waals surface area contributed by atoms with Gasteiger partial charge in [-0.05, 0) is 18.1 Å². The Morgan fingerprint density at radius 2 is 1.71 bits per heavy atom. The zero-order valence-corrected chi connectivity index (χ0v) is 11.5. The minimum atomic E-state index is -0.0170. The van der Waals surface area contributed by atoms with Gasteiger partial charge in [0.1, 0.15) is 0 Å². The predicted molar refractivity (Wildman–Crippen MR) is 88.7 cm³/mol. The normalized spacial score (nSPS) is 11.9. The average molecular weight is 279 g/mol. The van der Waals surface area contributed by atoms with E-state index in [0.717, 1.165) is 22.9 Å². The number of ketones is 1. The van der Waals surface area contributed by atoms with Gasteiger partial charge in [0, 0.05) is 28.6 Å². The highest BCUT2D eigenvalue weighted by Gasteiger charge is 2.18. The molecule has 0 spiro atoms. The molecule has 0 amide bonds. The number of hydrogen-bond donors (Lipinski definition) is 1. The van der Waals surface area contributed by atoms with Crippen LogP contribution in [-0.2, 0) is 6.42 Å². The Labute approximate surface area is 125 Å². The smallest absolute Gasteiger partial charge is 0.168 e. The molecule has 108 valence electrons. The first kappa shape index (κ1) is 15.0. The van der Waals surface area contributed by atoms with Crippen LogP contribution >= 0.6 is 0 Å². The lowest BCUT2D eigenvalue weighted by Crippen LogP contribution is -2.13. The van der Waals surface area contributed by atoms with Gasteiger partial charge >= 0.3 is 0 Å². The van der Waals surface area contributed by atoms with E-state index in [2.05, 4.69) is 17.1 Å². The maximum atomic E-state index is 12.6. The fraction of sp³-hybridized carbons (Fsp3) is 0.211. The first-order valence-electron chi connectivity index (χ1n) is 6.90. The number of rotatable bonds is 4. The van der Waals surface area contributed by atoms with Gasteiger partial charge in [0.25, 0.3) is 0 Å². The second kappa shape index (κ2) is 6.40. The number of aromatic nitrogens is 1. The van der Waals surface area contributed by atoms with Crippen molar-refractivity contribution >= 4 is 16.7 Å². The summed E-state index contributed by atoms with van der Waals surface area (Å²) in [7, 11) is 0. The van der Waals surface area contributed by atoms with Crippen LogP contribution in [0.5, 0.6) is 0 Å². The van der Waals surface area contributed by atoms with Gasteiger partial charge in [-0.3, -0.25) is 4.79 Å². The molecule has 3 aromatic rings. The van der Waals surface area contributed by atoms with Crippen molar-refractivity contribution in [1.29, 1.82) is 0 Å². The zero-order chi connectivity index (χ0) is 13.9. The molecule has 0 aliphatic rings. The lowest BCUT2D eigenvalue weighted by atomic mass is 9.93. The molecule has 0 saturated carbocycles. The van der Waals surface area contributed by atoms with E-state index in [-0.39, 0.29) is 19.1 Å². The summed E-state index contributed by atoms with van der Waals surface area (Å²) in [5.74, 6) is 0.183. The third-order valence-corrected chi connectivity index (χ3v) is 3.69. The van der Waals surface area contributed by atoms with Gasteiger partial charge in [-0.15, -0.1) is 0 Å². The molecule has 0 aliphatic carbocycles. The van der Waals surface area contributed by atoms with Crippen LogP contribution in [0.25, 0.3) is 10.9 Å². The summed E-state index contributed by atoms with van der Waals surface area (Å²) in [6.07, 6.45) is 2.60. The van der Waals surface area contributed by atoms with Crippen molar-refractivity contribution < 1.29 is 4.79 Å². The number of para-hydroxylation sites is 1. The number of hydrogen-bond acceptors (Lipinski definition) is 1. The van der Waals surface area contributed by atoms with E-state index in [1.165, 1.54) is 5.56 Å². The Bertz CT molecular complexity index is 727. The highest BCUT2D eigenvalue weighted by Crippen LogP contribution is 2.22. The maximum Gasteiger partial charge on any atom is 0.168 e. The molecule has 1 atom stereocenters. The Balaban J connectivity index is 0.00000161. The van der Waals surface area contributed by atoms with Crippen molar-refractivity contribution in [1.82, 2.24) is 4.98 Å². The number of carbonyl (C=O) groups excluding carboxylic acids is 1. The molecule has 2 heteroatoms. The van der Waals surface area contributed by atoms with Crippen LogP contribution in [0.4, 0.5) is 0 Å². The molecule has 0 fully saturated rings. The van der Waals surface area contributed by atoms with Crippen LogP contribution in [0.2, 0.25) is 0 Å². The van der Waals surface area contributed by atoms with Gasteiger partial charge in [-0.2, -0.15) is 0 Å². The van der Waals surface area contributed by atoms with Crippen molar-refractivity contribution in [2.75, 3.05) is 0 Å². The second-order valence-corrected chi connectivity index (χ2v) is 5.20. The summed E-state index contributed by atoms with van der Waals surface area (Å²) in [4.78, 5) is 15.8. The standard InChI is InChI=1S/C18H17NO.CH4/c1-13(11-14-7-3-2-4-8-14)18(20)16-12-19-17-10-6-5-9-15(16)17;/h2-10,12-13,19H,11H2,1H3;1H4/t13-;/m0./s1. The van der Waals surface area contributed by atoms with Gasteiger partial charge in [-0.25, -0.2) is 0 Å². The van der Waals surface area contributed by atoms with Crippen molar-refractivity contribution in [2.24, 2.45) is 5.92 Å². The number of aromatic amines is 1. The summed E-state index contributed by atoms with van der Waals surface area (Å²) in [5.41, 5.74) is 3.01. The average Bonchev–Trinajstić information content (AvgIpc) is 2.91. The third kappa shape index (κ3) is 3.05. The quantitative estimate of drug-likeness (QED) is 0.679. The van der Waals surface area contributed by atoms with E-state index in [1.54, 1.807) is 0 Å². The Morgan fingerprint density at radius 1 is 1.05 bits per heavy atom. The van der Waals surface area contributed by atoms with Crippen molar-refractivity contribution in [3.8, 4) is 0 Å². The lowest BCUT2D eigenvalue weighted by molar-refractivity contribution is 0.0931. The van der Waals surface area contributed by atoms with E-state index in [9.17, 15) is 4.79 Å². The Kier molecular flexibility index (Phi) is 4.59. The maximum absolute atomic E-state index is 12.6. The minimum absolute atomic E-state index is 0. The Hall–Kier alpha value is -2.35. The van der Waals surface area contributed by atoms with Crippen LogP contribution in [-0.4, -0.2) is 10.8 Å². The number of carbonyl (C=O) groups is 1. The van der Waals surface area contributed by atoms with Crippen molar-refractivity contribution in [3.63, 3.8) is 0 Å². The van der Waals surface area contributed by atoms with E-state index >= 15 is 0 Å². The van der Waals surface area contributed by atoms with Crippen molar-refractivity contribution in [3.05, 3.63) is 71.9 Å². The largest absolute Gasteiger partial charge is 0.360 e. The third-order valence-electron chi connectivity index (χ3n) is 3.69. The molecule has 3 rings (SSSR count). The number of Topliss-reactive ketones (excluding diaryl/α,β-unsaturated/α-hetero) is 1. The summed E-state index contributed by atoms with van der Waals surface area (Å²) >= 11 is 0. The molecule has 0 aliphatic heterocycles. The molecule has 21 heavy (non-hydrogen) atoms. The molecule has 1 aromatic heterocycles. The van der Waals surface area contributed by atoms with E-state index in [4.69, 9.17) is 0 Å². The SMILES string of the molecule is C.C[C@@H](Cc1ccccc1)C(=O)c1c[nH]c2ccccc12. The fourth-order valence-electron chi connectivity index (χ4n) is 2.60. The van der Waals surface area contributed by atoms with E-state index in [0.29, 0.717) is 0 Å². The highest BCUT2D eigenvalue weighted by atomic mass is 16.1. The summed E-state index contributed by atoms with van der Waals surface area (Å²) in [6, 6.07) is 18.1. The van der Waals surface area contributed by atoms with Gasteiger partial charge in [0.2, 0.25) is 0 Å². The number of H-pyrrole nitrogens is 1. The predicted octanol–water partition coefficient (Wildman–Crippen LogP) is 4.87. The summed E-state index contributed by atoms with van der Waals surface area (Å²) in [5, 5.41) is 1.01. The number of fused-ring (bicyclic) bond motifs is 1. The lowest BCUT2D eigenvalue weighted by Gasteiger charge is -2.09. The van der Waals surface area contributed by atoms with E-state index in [1.807, 2.05) is 55.6 Å². The Morgan fingerprint density at radius 3 is 2.48 bits per heavy atom. The first-order chi connectivity index (χ1) is 9.75. The van der Waals surface area contributed by atoms with Crippen LogP contribution in [0.15, 0.2) is 60.8 Å². The molecular formula is C19H21NO. The van der Waals surface area contributed by atoms with Crippen LogP contribution in [0.1, 0.15) is 30.3 Å². The molecule has 0 bridgehead atoms. The van der Waals surface area contributed by atoms with Gasteiger partial charge < -0.3 is 4.98 Å². The van der Waals surface area contributed by atoms with E-state index < -0.39 is 0 Å². The monoisotopic (exact) mass is 279 g/mol. The molecule has 0 saturated heterocycles. The summed E-state index contributed by atoms with van der Waals surface area (Å²) < 4.78 is 0. The highest BCUT2D eigenvalue weighted by molar-refractivity contribution is 6.08. The van der Waals surface area contributed by atoms with Gasteiger partial charge in [0.15, 0.2) is 5.78 Å². The fourth-order valence-corrected chi connectivity index (χ4v) is 2.60. The number of nitrogens with one attached hydrogen (secondary N) is 1. The zero-order valence-electron chi connectivity index (χ0n) is 11.5. The molecule has 2 aromatic carbocycles. The van der Waals surface area contributed by atoms with Crippen LogP contribution < -0.4 is 0 Å².